The summed E-state index contributed by atoms with van der Waals surface area (Å²) < 4.78 is 5.21. The SMILES string of the molecule is CC(C)C[C@H](NC(=O)OCc1ccccc1)C(=O)N[C@@H]1CCN(C#N)C1. The lowest BCUT2D eigenvalue weighted by atomic mass is 10.0. The average molecular weight is 358 g/mol. The van der Waals surface area contributed by atoms with E-state index in [9.17, 15) is 9.59 Å². The van der Waals surface area contributed by atoms with Crippen molar-refractivity contribution in [3.8, 4) is 6.19 Å². The van der Waals surface area contributed by atoms with E-state index in [0.29, 0.717) is 19.5 Å². The van der Waals surface area contributed by atoms with Gasteiger partial charge in [0.2, 0.25) is 5.91 Å². The minimum absolute atomic E-state index is 0.0704. The summed E-state index contributed by atoms with van der Waals surface area (Å²) >= 11 is 0. The van der Waals surface area contributed by atoms with Crippen LogP contribution in [-0.4, -0.2) is 42.1 Å². The number of rotatable bonds is 7. The molecule has 0 radical (unpaired) electrons. The number of hydrogen-bond donors (Lipinski definition) is 2. The molecule has 0 spiro atoms. The lowest BCUT2D eigenvalue weighted by molar-refractivity contribution is -0.124. The number of ether oxygens (including phenoxy) is 1. The molecular formula is C19H26N4O3. The molecule has 7 heteroatoms. The maximum absolute atomic E-state index is 12.6. The van der Waals surface area contributed by atoms with Gasteiger partial charge in [-0.25, -0.2) is 4.79 Å². The van der Waals surface area contributed by atoms with Gasteiger partial charge in [-0.05, 0) is 24.3 Å². The fourth-order valence-corrected chi connectivity index (χ4v) is 2.88. The van der Waals surface area contributed by atoms with Crippen LogP contribution in [0, 0.1) is 17.4 Å². The maximum Gasteiger partial charge on any atom is 0.408 e. The van der Waals surface area contributed by atoms with Gasteiger partial charge >= 0.3 is 6.09 Å². The topological polar surface area (TPSA) is 94.5 Å². The first-order chi connectivity index (χ1) is 12.5. The second-order valence-electron chi connectivity index (χ2n) is 6.93. The molecule has 0 bridgehead atoms. The van der Waals surface area contributed by atoms with Crippen LogP contribution in [-0.2, 0) is 16.1 Å². The Morgan fingerprint density at radius 3 is 2.69 bits per heavy atom. The van der Waals surface area contributed by atoms with Crippen LogP contribution in [0.4, 0.5) is 4.79 Å². The van der Waals surface area contributed by atoms with Gasteiger partial charge < -0.3 is 20.3 Å². The summed E-state index contributed by atoms with van der Waals surface area (Å²) in [4.78, 5) is 26.3. The normalized spacial score (nSPS) is 17.5. The van der Waals surface area contributed by atoms with E-state index in [1.54, 1.807) is 4.90 Å². The Bertz CT molecular complexity index is 642. The van der Waals surface area contributed by atoms with Crippen LogP contribution in [0.2, 0.25) is 0 Å². The zero-order valence-corrected chi connectivity index (χ0v) is 15.3. The van der Waals surface area contributed by atoms with Gasteiger partial charge in [0.25, 0.3) is 0 Å². The number of nitriles is 1. The van der Waals surface area contributed by atoms with Gasteiger partial charge in [0.05, 0.1) is 0 Å². The highest BCUT2D eigenvalue weighted by Crippen LogP contribution is 2.10. The molecule has 2 rings (SSSR count). The second kappa shape index (κ2) is 9.66. The van der Waals surface area contributed by atoms with Gasteiger partial charge in [0.15, 0.2) is 6.19 Å². The summed E-state index contributed by atoms with van der Waals surface area (Å²) in [5.41, 5.74) is 0.884. The number of amides is 2. The highest BCUT2D eigenvalue weighted by Gasteiger charge is 2.28. The molecule has 1 aliphatic rings. The Morgan fingerprint density at radius 2 is 2.08 bits per heavy atom. The van der Waals surface area contributed by atoms with Gasteiger partial charge in [-0.1, -0.05) is 44.2 Å². The molecule has 1 saturated heterocycles. The quantitative estimate of drug-likeness (QED) is 0.727. The van der Waals surface area contributed by atoms with Crippen molar-refractivity contribution in [1.29, 1.82) is 5.26 Å². The Morgan fingerprint density at radius 1 is 1.35 bits per heavy atom. The number of alkyl carbamates (subject to hydrolysis) is 1. The largest absolute Gasteiger partial charge is 0.445 e. The summed E-state index contributed by atoms with van der Waals surface area (Å²) in [7, 11) is 0. The molecule has 1 fully saturated rings. The Balaban J connectivity index is 1.86. The Hall–Kier alpha value is -2.75. The van der Waals surface area contributed by atoms with E-state index in [0.717, 1.165) is 12.0 Å². The molecule has 0 aromatic heterocycles. The van der Waals surface area contributed by atoms with Crippen molar-refractivity contribution in [3.63, 3.8) is 0 Å². The molecule has 1 aromatic carbocycles. The van der Waals surface area contributed by atoms with E-state index >= 15 is 0 Å². The third-order valence-electron chi connectivity index (χ3n) is 4.20. The maximum atomic E-state index is 12.6. The second-order valence-corrected chi connectivity index (χ2v) is 6.93. The predicted octanol–water partition coefficient (Wildman–Crippen LogP) is 2.00. The number of likely N-dealkylation sites (tertiary alicyclic amines) is 1. The molecule has 1 heterocycles. The molecule has 140 valence electrons. The molecule has 0 saturated carbocycles. The van der Waals surface area contributed by atoms with Crippen molar-refractivity contribution < 1.29 is 14.3 Å². The van der Waals surface area contributed by atoms with Crippen LogP contribution >= 0.6 is 0 Å². The molecular weight excluding hydrogens is 332 g/mol. The van der Waals surface area contributed by atoms with Crippen LogP contribution in [0.3, 0.4) is 0 Å². The van der Waals surface area contributed by atoms with Crippen molar-refractivity contribution in [2.24, 2.45) is 5.92 Å². The van der Waals surface area contributed by atoms with E-state index < -0.39 is 12.1 Å². The number of carbonyl (C=O) groups excluding carboxylic acids is 2. The fourth-order valence-electron chi connectivity index (χ4n) is 2.88. The smallest absolute Gasteiger partial charge is 0.408 e. The van der Waals surface area contributed by atoms with E-state index in [1.165, 1.54) is 0 Å². The van der Waals surface area contributed by atoms with E-state index in [1.807, 2.05) is 44.2 Å². The summed E-state index contributed by atoms with van der Waals surface area (Å²) in [6, 6.07) is 8.64. The number of benzene rings is 1. The first-order valence-electron chi connectivity index (χ1n) is 8.90. The average Bonchev–Trinajstić information content (AvgIpc) is 3.07. The summed E-state index contributed by atoms with van der Waals surface area (Å²) in [5.74, 6) is -0.000454. The monoisotopic (exact) mass is 358 g/mol. The van der Waals surface area contributed by atoms with E-state index in [4.69, 9.17) is 10.00 Å². The minimum atomic E-state index is -0.658. The highest BCUT2D eigenvalue weighted by atomic mass is 16.5. The zero-order valence-electron chi connectivity index (χ0n) is 15.3. The van der Waals surface area contributed by atoms with E-state index in [2.05, 4.69) is 16.8 Å². The van der Waals surface area contributed by atoms with Crippen LogP contribution in [0.25, 0.3) is 0 Å². The number of nitrogens with one attached hydrogen (secondary N) is 2. The summed E-state index contributed by atoms with van der Waals surface area (Å²) in [5, 5.41) is 14.5. The van der Waals surface area contributed by atoms with Crippen molar-refractivity contribution >= 4 is 12.0 Å². The highest BCUT2D eigenvalue weighted by molar-refractivity contribution is 5.85. The van der Waals surface area contributed by atoms with Crippen LogP contribution in [0.15, 0.2) is 30.3 Å². The number of carbonyl (C=O) groups is 2. The van der Waals surface area contributed by atoms with Crippen molar-refractivity contribution in [2.45, 2.75) is 45.4 Å². The Kier molecular flexibility index (Phi) is 7.27. The summed E-state index contributed by atoms with van der Waals surface area (Å²) in [6.45, 7) is 5.29. The Labute approximate surface area is 154 Å². The molecule has 26 heavy (non-hydrogen) atoms. The molecule has 2 N–H and O–H groups in total. The first kappa shape index (κ1) is 19.6. The number of nitrogens with zero attached hydrogens (tertiary/aromatic N) is 2. The standard InChI is InChI=1S/C19H26N4O3/c1-14(2)10-17(18(24)21-16-8-9-23(11-16)13-20)22-19(25)26-12-15-6-4-3-5-7-15/h3-7,14,16-17H,8-12H2,1-2H3,(H,21,24)(H,22,25)/t16-,17+/m1/s1. The molecule has 2 atom stereocenters. The molecule has 1 aliphatic heterocycles. The van der Waals surface area contributed by atoms with E-state index in [-0.39, 0.29) is 24.5 Å². The lowest BCUT2D eigenvalue weighted by Gasteiger charge is -2.22. The number of hydrogen-bond acceptors (Lipinski definition) is 5. The lowest BCUT2D eigenvalue weighted by Crippen LogP contribution is -2.50. The van der Waals surface area contributed by atoms with Crippen LogP contribution < -0.4 is 10.6 Å². The van der Waals surface area contributed by atoms with Gasteiger partial charge in [-0.15, -0.1) is 0 Å². The molecule has 0 aliphatic carbocycles. The first-order valence-corrected chi connectivity index (χ1v) is 8.90. The van der Waals surface area contributed by atoms with Gasteiger partial charge in [0, 0.05) is 19.1 Å². The zero-order chi connectivity index (χ0) is 18.9. The van der Waals surface area contributed by atoms with Gasteiger partial charge in [-0.3, -0.25) is 4.79 Å². The van der Waals surface area contributed by atoms with Crippen molar-refractivity contribution in [2.75, 3.05) is 13.1 Å². The van der Waals surface area contributed by atoms with Crippen LogP contribution in [0.5, 0.6) is 0 Å². The third-order valence-corrected chi connectivity index (χ3v) is 4.20. The molecule has 2 amide bonds. The van der Waals surface area contributed by atoms with Crippen LogP contribution in [0.1, 0.15) is 32.3 Å². The molecule has 0 unspecified atom stereocenters. The van der Waals surface area contributed by atoms with Gasteiger partial charge in [-0.2, -0.15) is 5.26 Å². The van der Waals surface area contributed by atoms with Crippen molar-refractivity contribution in [1.82, 2.24) is 15.5 Å². The van der Waals surface area contributed by atoms with Gasteiger partial charge in [0.1, 0.15) is 12.6 Å². The molecule has 7 nitrogen and oxygen atoms in total. The third kappa shape index (κ3) is 6.28. The molecule has 1 aromatic rings. The minimum Gasteiger partial charge on any atom is -0.445 e. The predicted molar refractivity (Wildman–Crippen MR) is 96.7 cm³/mol. The summed E-state index contributed by atoms with van der Waals surface area (Å²) in [6.07, 6.45) is 2.72. The fraction of sp³-hybridized carbons (Fsp3) is 0.526. The van der Waals surface area contributed by atoms with Crippen molar-refractivity contribution in [3.05, 3.63) is 35.9 Å².